The number of carboxylic acid groups (broad SMARTS) is 1. The quantitative estimate of drug-likeness (QED) is 0.329. The van der Waals surface area contributed by atoms with Crippen LogP contribution in [-0.4, -0.2) is 38.8 Å². The van der Waals surface area contributed by atoms with Crippen LogP contribution in [0.1, 0.15) is 22.8 Å². The summed E-state index contributed by atoms with van der Waals surface area (Å²) >= 11 is 5.23. The van der Waals surface area contributed by atoms with Crippen LogP contribution in [-0.2, 0) is 0 Å². The zero-order valence-electron chi connectivity index (χ0n) is 14.4. The lowest BCUT2D eigenvalue weighted by atomic mass is 10.1. The molecular weight excluding hydrogens is 366 g/mol. The van der Waals surface area contributed by atoms with Gasteiger partial charge in [0.15, 0.2) is 5.82 Å². The number of hydrazone groups is 1. The maximum Gasteiger partial charge on any atom is 0.336 e. The first kappa shape index (κ1) is 18.3. The lowest BCUT2D eigenvalue weighted by molar-refractivity contribution is 0.0696. The van der Waals surface area contributed by atoms with Crippen molar-refractivity contribution in [3.63, 3.8) is 0 Å². The van der Waals surface area contributed by atoms with Crippen LogP contribution in [0.15, 0.2) is 53.6 Å². The van der Waals surface area contributed by atoms with Gasteiger partial charge in [-0.2, -0.15) is 14.9 Å². The van der Waals surface area contributed by atoms with E-state index in [0.29, 0.717) is 22.8 Å². The lowest BCUT2D eigenvalue weighted by Crippen LogP contribution is -2.11. The number of aromatic carboxylic acids is 1. The monoisotopic (exact) mass is 383 g/mol. The topological polar surface area (TPSA) is 105 Å². The van der Waals surface area contributed by atoms with Crippen LogP contribution in [0.25, 0.3) is 11.4 Å². The highest BCUT2D eigenvalue weighted by molar-refractivity contribution is 7.71. The number of H-pyrrole nitrogens is 1. The van der Waals surface area contributed by atoms with Gasteiger partial charge < -0.3 is 9.84 Å². The van der Waals surface area contributed by atoms with Crippen molar-refractivity contribution in [2.24, 2.45) is 5.10 Å². The molecule has 0 saturated heterocycles. The SMILES string of the molecule is CCOc1ccc(-c2n[nH]c(=S)n2NN=Cc2ccccc2C(=O)O)cc1. The first-order chi connectivity index (χ1) is 13.1. The number of aromatic nitrogens is 3. The second-order valence-electron chi connectivity index (χ2n) is 5.40. The van der Waals surface area contributed by atoms with E-state index in [2.05, 4.69) is 20.8 Å². The van der Waals surface area contributed by atoms with Crippen molar-refractivity contribution in [2.75, 3.05) is 12.1 Å². The van der Waals surface area contributed by atoms with Gasteiger partial charge in [0.05, 0.1) is 18.4 Å². The summed E-state index contributed by atoms with van der Waals surface area (Å²) in [4.78, 5) is 11.3. The number of carboxylic acids is 1. The van der Waals surface area contributed by atoms with E-state index >= 15 is 0 Å². The predicted octanol–water partition coefficient (Wildman–Crippen LogP) is 3.28. The van der Waals surface area contributed by atoms with Gasteiger partial charge >= 0.3 is 5.97 Å². The number of benzene rings is 2. The minimum Gasteiger partial charge on any atom is -0.494 e. The number of rotatable bonds is 7. The van der Waals surface area contributed by atoms with Crippen molar-refractivity contribution in [1.29, 1.82) is 0 Å². The van der Waals surface area contributed by atoms with Crippen molar-refractivity contribution in [1.82, 2.24) is 14.9 Å². The van der Waals surface area contributed by atoms with Crippen LogP contribution in [0.5, 0.6) is 5.75 Å². The molecule has 0 unspecified atom stereocenters. The molecule has 0 spiro atoms. The molecule has 0 radical (unpaired) electrons. The maximum atomic E-state index is 11.3. The number of carbonyl (C=O) groups is 1. The molecule has 27 heavy (non-hydrogen) atoms. The Kier molecular flexibility index (Phi) is 5.62. The zero-order valence-corrected chi connectivity index (χ0v) is 15.2. The molecule has 0 amide bonds. The molecule has 138 valence electrons. The van der Waals surface area contributed by atoms with Crippen molar-refractivity contribution < 1.29 is 14.6 Å². The summed E-state index contributed by atoms with van der Waals surface area (Å²) in [5.41, 5.74) is 4.21. The second kappa shape index (κ2) is 8.28. The smallest absolute Gasteiger partial charge is 0.336 e. The number of ether oxygens (including phenoxy) is 1. The van der Waals surface area contributed by atoms with Crippen LogP contribution in [0, 0.1) is 4.77 Å². The summed E-state index contributed by atoms with van der Waals surface area (Å²) in [6.45, 7) is 2.51. The maximum absolute atomic E-state index is 11.3. The molecular formula is C18H17N5O3S. The Bertz CT molecular complexity index is 1020. The van der Waals surface area contributed by atoms with E-state index in [9.17, 15) is 9.90 Å². The van der Waals surface area contributed by atoms with Crippen LogP contribution in [0.4, 0.5) is 0 Å². The highest BCUT2D eigenvalue weighted by Gasteiger charge is 2.09. The molecule has 9 heteroatoms. The molecule has 0 aliphatic carbocycles. The number of aromatic amines is 1. The van der Waals surface area contributed by atoms with E-state index in [1.165, 1.54) is 17.0 Å². The Balaban J connectivity index is 1.84. The first-order valence-electron chi connectivity index (χ1n) is 8.12. The summed E-state index contributed by atoms with van der Waals surface area (Å²) < 4.78 is 7.25. The van der Waals surface area contributed by atoms with E-state index < -0.39 is 5.97 Å². The number of nitrogens with one attached hydrogen (secondary N) is 2. The minimum atomic E-state index is -1.02. The molecule has 1 aromatic heterocycles. The molecule has 0 fully saturated rings. The largest absolute Gasteiger partial charge is 0.494 e. The normalized spacial score (nSPS) is 10.9. The molecule has 2 aromatic carbocycles. The summed E-state index contributed by atoms with van der Waals surface area (Å²) in [7, 11) is 0. The summed E-state index contributed by atoms with van der Waals surface area (Å²) in [6, 6.07) is 14.0. The third kappa shape index (κ3) is 4.21. The second-order valence-corrected chi connectivity index (χ2v) is 5.78. The highest BCUT2D eigenvalue weighted by atomic mass is 32.1. The fraction of sp³-hybridized carbons (Fsp3) is 0.111. The molecule has 0 aliphatic heterocycles. The minimum absolute atomic E-state index is 0.158. The first-order valence-corrected chi connectivity index (χ1v) is 8.53. The third-order valence-corrected chi connectivity index (χ3v) is 3.92. The van der Waals surface area contributed by atoms with E-state index in [0.717, 1.165) is 11.3 Å². The van der Waals surface area contributed by atoms with Gasteiger partial charge in [-0.1, -0.05) is 18.2 Å². The van der Waals surface area contributed by atoms with Gasteiger partial charge in [0.25, 0.3) is 0 Å². The third-order valence-electron chi connectivity index (χ3n) is 3.65. The Morgan fingerprint density at radius 1 is 1.33 bits per heavy atom. The molecule has 0 aliphatic rings. The predicted molar refractivity (Wildman–Crippen MR) is 104 cm³/mol. The van der Waals surface area contributed by atoms with E-state index in [4.69, 9.17) is 17.0 Å². The molecule has 0 bridgehead atoms. The average Bonchev–Trinajstić information content (AvgIpc) is 3.04. The molecule has 0 atom stereocenters. The summed E-state index contributed by atoms with van der Waals surface area (Å²) in [5.74, 6) is 0.275. The molecule has 0 saturated carbocycles. The molecule has 8 nitrogen and oxygen atoms in total. The van der Waals surface area contributed by atoms with Gasteiger partial charge in [-0.05, 0) is 49.5 Å². The van der Waals surface area contributed by atoms with Crippen molar-refractivity contribution >= 4 is 24.4 Å². The lowest BCUT2D eigenvalue weighted by Gasteiger charge is -2.07. The number of hydrogen-bond donors (Lipinski definition) is 3. The molecule has 3 N–H and O–H groups in total. The van der Waals surface area contributed by atoms with Crippen LogP contribution in [0.2, 0.25) is 0 Å². The van der Waals surface area contributed by atoms with Crippen LogP contribution < -0.4 is 10.3 Å². The van der Waals surface area contributed by atoms with Gasteiger partial charge in [0.2, 0.25) is 4.77 Å². The van der Waals surface area contributed by atoms with Gasteiger partial charge in [0.1, 0.15) is 5.75 Å². The summed E-state index contributed by atoms with van der Waals surface area (Å²) in [6.07, 6.45) is 1.42. The Labute approximate surface area is 160 Å². The van der Waals surface area contributed by atoms with Gasteiger partial charge in [-0.25, -0.2) is 15.4 Å². The highest BCUT2D eigenvalue weighted by Crippen LogP contribution is 2.20. The number of nitrogens with zero attached hydrogens (tertiary/aromatic N) is 3. The Morgan fingerprint density at radius 3 is 2.78 bits per heavy atom. The van der Waals surface area contributed by atoms with Crippen LogP contribution in [0.3, 0.4) is 0 Å². The Morgan fingerprint density at radius 2 is 2.07 bits per heavy atom. The fourth-order valence-corrected chi connectivity index (χ4v) is 2.58. The van der Waals surface area contributed by atoms with E-state index in [1.54, 1.807) is 18.2 Å². The average molecular weight is 383 g/mol. The van der Waals surface area contributed by atoms with E-state index in [-0.39, 0.29) is 5.56 Å². The van der Waals surface area contributed by atoms with Crippen molar-refractivity contribution in [3.8, 4) is 17.1 Å². The van der Waals surface area contributed by atoms with E-state index in [1.807, 2.05) is 31.2 Å². The van der Waals surface area contributed by atoms with Gasteiger partial charge in [-0.15, -0.1) is 0 Å². The fourth-order valence-electron chi connectivity index (χ4n) is 2.41. The molecule has 1 heterocycles. The standard InChI is InChI=1S/C18H17N5O3S/c1-2-26-14-9-7-12(8-10-14)16-20-21-18(27)23(16)22-19-11-13-5-3-4-6-15(13)17(24)25/h3-11,22H,2H2,1H3,(H,21,27)(H,24,25). The number of hydrogen-bond acceptors (Lipinski definition) is 6. The van der Waals surface area contributed by atoms with Crippen molar-refractivity contribution in [3.05, 3.63) is 64.4 Å². The van der Waals surface area contributed by atoms with Crippen molar-refractivity contribution in [2.45, 2.75) is 6.92 Å². The zero-order chi connectivity index (χ0) is 19.2. The Hall–Kier alpha value is -3.46. The molecule has 3 aromatic rings. The van der Waals surface area contributed by atoms with Gasteiger partial charge in [0, 0.05) is 11.1 Å². The summed E-state index contributed by atoms with van der Waals surface area (Å²) in [5, 5.41) is 20.2. The molecule has 3 rings (SSSR count). The van der Waals surface area contributed by atoms with Gasteiger partial charge in [-0.3, -0.25) is 0 Å². The van der Waals surface area contributed by atoms with Crippen LogP contribution >= 0.6 is 12.2 Å².